The number of ether oxygens (including phenoxy) is 3. The Morgan fingerprint density at radius 2 is 1.97 bits per heavy atom. The van der Waals surface area contributed by atoms with Crippen LogP contribution in [0.1, 0.15) is 33.1 Å². The van der Waals surface area contributed by atoms with Gasteiger partial charge in [0.2, 0.25) is 0 Å². The predicted molar refractivity (Wildman–Crippen MR) is 115 cm³/mol. The second-order valence-electron chi connectivity index (χ2n) is 6.16. The van der Waals surface area contributed by atoms with Gasteiger partial charge in [-0.15, -0.1) is 11.3 Å². The van der Waals surface area contributed by atoms with E-state index < -0.39 is 23.8 Å². The number of benzene rings is 1. The van der Waals surface area contributed by atoms with Gasteiger partial charge in [0.1, 0.15) is 10.8 Å². The molecule has 0 saturated heterocycles. The van der Waals surface area contributed by atoms with Crippen LogP contribution in [-0.4, -0.2) is 38.7 Å². The Bertz CT molecular complexity index is 974. The maximum absolute atomic E-state index is 12.4. The lowest BCUT2D eigenvalue weighted by atomic mass is 9.99. The Morgan fingerprint density at radius 3 is 2.62 bits per heavy atom. The minimum atomic E-state index is -0.606. The number of fused-ring (bicyclic) bond motifs is 1. The molecule has 1 aromatic heterocycles. The van der Waals surface area contributed by atoms with Crippen LogP contribution in [0.15, 0.2) is 27.1 Å². The molecule has 1 amide bonds. The zero-order valence-corrected chi connectivity index (χ0v) is 19.5. The molecule has 1 N–H and O–H groups in total. The van der Waals surface area contributed by atoms with Gasteiger partial charge in [0.05, 0.1) is 30.2 Å². The molecule has 3 rings (SSSR count). The molecule has 0 spiro atoms. The molecule has 1 heterocycles. The Labute approximate surface area is 188 Å². The third kappa shape index (κ3) is 4.65. The van der Waals surface area contributed by atoms with E-state index >= 15 is 0 Å². The molecular formula is C19H17Br2NO6S. The highest BCUT2D eigenvalue weighted by Crippen LogP contribution is 2.45. The van der Waals surface area contributed by atoms with Crippen LogP contribution in [0.4, 0.5) is 5.00 Å². The van der Waals surface area contributed by atoms with E-state index in [0.717, 1.165) is 9.35 Å². The second-order valence-corrected chi connectivity index (χ2v) is 9.04. The lowest BCUT2D eigenvalue weighted by Gasteiger charge is -2.12. The van der Waals surface area contributed by atoms with Crippen LogP contribution >= 0.6 is 43.2 Å². The summed E-state index contributed by atoms with van der Waals surface area (Å²) in [5.74, 6) is -1.48. The summed E-state index contributed by atoms with van der Waals surface area (Å²) >= 11 is 7.99. The number of rotatable bonds is 6. The van der Waals surface area contributed by atoms with Gasteiger partial charge >= 0.3 is 11.9 Å². The molecule has 0 bridgehead atoms. The first-order chi connectivity index (χ1) is 13.8. The molecule has 2 aromatic rings. The van der Waals surface area contributed by atoms with Crippen molar-refractivity contribution >= 4 is 66.0 Å². The average molecular weight is 547 g/mol. The van der Waals surface area contributed by atoms with Crippen molar-refractivity contribution in [3.63, 3.8) is 0 Å². The molecule has 0 unspecified atom stereocenters. The molecule has 1 atom stereocenters. The highest BCUT2D eigenvalue weighted by Gasteiger charge is 2.38. The lowest BCUT2D eigenvalue weighted by Crippen LogP contribution is -2.22. The quantitative estimate of drug-likeness (QED) is 0.544. The van der Waals surface area contributed by atoms with E-state index in [-0.39, 0.29) is 12.2 Å². The zero-order chi connectivity index (χ0) is 21.1. The fraction of sp³-hybridized carbons (Fsp3) is 0.316. The summed E-state index contributed by atoms with van der Waals surface area (Å²) in [6.07, 6.45) is 1.19. The van der Waals surface area contributed by atoms with E-state index in [0.29, 0.717) is 33.6 Å². The normalized spacial score (nSPS) is 14.8. The fourth-order valence-electron chi connectivity index (χ4n) is 3.13. The van der Waals surface area contributed by atoms with Gasteiger partial charge in [-0.1, -0.05) is 15.9 Å². The Hall–Kier alpha value is -1.91. The first-order valence-electron chi connectivity index (χ1n) is 8.55. The summed E-state index contributed by atoms with van der Waals surface area (Å²) in [6.45, 7) is -0.246. The van der Waals surface area contributed by atoms with Crippen LogP contribution in [0.3, 0.4) is 0 Å². The average Bonchev–Trinajstić information content (AvgIpc) is 3.24. The number of halogens is 2. The number of thiophene rings is 1. The topological polar surface area (TPSA) is 90.9 Å². The molecular weight excluding hydrogens is 530 g/mol. The summed E-state index contributed by atoms with van der Waals surface area (Å²) in [4.78, 5) is 37.8. The number of hydrogen-bond acceptors (Lipinski definition) is 7. The molecule has 0 saturated carbocycles. The van der Waals surface area contributed by atoms with Crippen LogP contribution in [0.2, 0.25) is 0 Å². The van der Waals surface area contributed by atoms with Gasteiger partial charge in [0.25, 0.3) is 5.91 Å². The molecule has 0 aliphatic heterocycles. The van der Waals surface area contributed by atoms with Crippen molar-refractivity contribution in [2.45, 2.75) is 18.8 Å². The van der Waals surface area contributed by atoms with E-state index in [4.69, 9.17) is 14.2 Å². The standard InChI is InChI=1S/C19H17Br2NO6S/c1-26-18(24)10-4-6-13-15(10)16(19(25)27-2)17(29-13)22-14(23)8-28-12-5-3-9(20)7-11(12)21/h3,5,7,10H,4,6,8H2,1-2H3,(H,22,23)/t10-/m1/s1. The van der Waals surface area contributed by atoms with Crippen molar-refractivity contribution in [3.8, 4) is 5.75 Å². The zero-order valence-electron chi connectivity index (χ0n) is 15.5. The molecule has 154 valence electrons. The number of carbonyl (C=O) groups is 3. The van der Waals surface area contributed by atoms with Crippen molar-refractivity contribution in [2.75, 3.05) is 26.1 Å². The smallest absolute Gasteiger partial charge is 0.341 e. The maximum atomic E-state index is 12.4. The largest absolute Gasteiger partial charge is 0.483 e. The maximum Gasteiger partial charge on any atom is 0.341 e. The minimum absolute atomic E-state index is 0.207. The second kappa shape index (κ2) is 9.27. The van der Waals surface area contributed by atoms with Gasteiger partial charge in [0, 0.05) is 9.35 Å². The van der Waals surface area contributed by atoms with Crippen molar-refractivity contribution in [2.24, 2.45) is 0 Å². The molecule has 1 aliphatic carbocycles. The predicted octanol–water partition coefficient (Wildman–Crippen LogP) is 4.28. The summed E-state index contributed by atoms with van der Waals surface area (Å²) in [5, 5.41) is 3.06. The number of carbonyl (C=O) groups excluding carboxylic acids is 3. The number of aryl methyl sites for hydroxylation is 1. The Kier molecular flexibility index (Phi) is 6.97. The van der Waals surface area contributed by atoms with Crippen LogP contribution in [0.5, 0.6) is 5.75 Å². The molecule has 1 aromatic carbocycles. The number of amides is 1. The summed E-state index contributed by atoms with van der Waals surface area (Å²) in [7, 11) is 2.57. The molecule has 1 aliphatic rings. The van der Waals surface area contributed by atoms with Crippen molar-refractivity contribution in [1.29, 1.82) is 0 Å². The molecule has 0 fully saturated rings. The van der Waals surface area contributed by atoms with Crippen molar-refractivity contribution in [1.82, 2.24) is 0 Å². The van der Waals surface area contributed by atoms with Gasteiger partial charge in [-0.05, 0) is 52.5 Å². The van der Waals surface area contributed by atoms with Gasteiger partial charge in [-0.3, -0.25) is 9.59 Å². The first kappa shape index (κ1) is 21.8. The van der Waals surface area contributed by atoms with Gasteiger partial charge in [-0.25, -0.2) is 4.79 Å². The van der Waals surface area contributed by atoms with Crippen molar-refractivity contribution in [3.05, 3.63) is 43.1 Å². The minimum Gasteiger partial charge on any atom is -0.483 e. The van der Waals surface area contributed by atoms with E-state index in [1.807, 2.05) is 0 Å². The summed E-state index contributed by atoms with van der Waals surface area (Å²) < 4.78 is 16.9. The van der Waals surface area contributed by atoms with Gasteiger partial charge in [0.15, 0.2) is 6.61 Å². The number of nitrogens with one attached hydrogen (secondary N) is 1. The molecule has 0 radical (unpaired) electrons. The number of esters is 2. The van der Waals surface area contributed by atoms with Crippen LogP contribution in [-0.2, 0) is 25.5 Å². The summed E-state index contributed by atoms with van der Waals surface area (Å²) in [5.41, 5.74) is 0.791. The number of hydrogen-bond donors (Lipinski definition) is 1. The summed E-state index contributed by atoms with van der Waals surface area (Å²) in [6, 6.07) is 5.32. The monoisotopic (exact) mass is 545 g/mol. The van der Waals surface area contributed by atoms with Crippen LogP contribution < -0.4 is 10.1 Å². The number of anilines is 1. The highest BCUT2D eigenvalue weighted by atomic mass is 79.9. The Balaban J connectivity index is 1.79. The van der Waals surface area contributed by atoms with Crippen LogP contribution in [0.25, 0.3) is 0 Å². The lowest BCUT2D eigenvalue weighted by molar-refractivity contribution is -0.142. The SMILES string of the molecule is COC(=O)c1c(NC(=O)COc2ccc(Br)cc2Br)sc2c1[C@H](C(=O)OC)CC2. The molecule has 7 nitrogen and oxygen atoms in total. The third-order valence-corrected chi connectivity index (χ3v) is 6.71. The van der Waals surface area contributed by atoms with E-state index in [9.17, 15) is 14.4 Å². The van der Waals surface area contributed by atoms with Crippen molar-refractivity contribution < 1.29 is 28.6 Å². The Morgan fingerprint density at radius 1 is 1.21 bits per heavy atom. The highest BCUT2D eigenvalue weighted by molar-refractivity contribution is 9.11. The van der Waals surface area contributed by atoms with Gasteiger partial charge < -0.3 is 19.5 Å². The van der Waals surface area contributed by atoms with E-state index in [1.165, 1.54) is 25.6 Å². The molecule has 10 heteroatoms. The molecule has 29 heavy (non-hydrogen) atoms. The van der Waals surface area contributed by atoms with E-state index in [1.54, 1.807) is 18.2 Å². The van der Waals surface area contributed by atoms with Gasteiger partial charge in [-0.2, -0.15) is 0 Å². The van der Waals surface area contributed by atoms with Crippen LogP contribution in [0, 0.1) is 0 Å². The first-order valence-corrected chi connectivity index (χ1v) is 10.9. The number of methoxy groups -OCH3 is 2. The fourth-order valence-corrected chi connectivity index (χ4v) is 5.58. The van der Waals surface area contributed by atoms with E-state index in [2.05, 4.69) is 37.2 Å². The third-order valence-electron chi connectivity index (χ3n) is 4.41.